The van der Waals surface area contributed by atoms with Gasteiger partial charge in [-0.05, 0) is 42.7 Å². The van der Waals surface area contributed by atoms with Crippen molar-refractivity contribution in [1.82, 2.24) is 15.5 Å². The Morgan fingerprint density at radius 2 is 2.14 bits per heavy atom. The predicted octanol–water partition coefficient (Wildman–Crippen LogP) is 4.32. The molecule has 0 saturated carbocycles. The molecule has 7 heteroatoms. The number of rotatable bonds is 5. The predicted molar refractivity (Wildman–Crippen MR) is 108 cm³/mol. The van der Waals surface area contributed by atoms with Crippen molar-refractivity contribution in [3.63, 3.8) is 0 Å². The molecule has 1 aliphatic heterocycles. The molecule has 0 spiro atoms. The van der Waals surface area contributed by atoms with Gasteiger partial charge in [-0.1, -0.05) is 52.3 Å². The van der Waals surface area contributed by atoms with E-state index in [9.17, 15) is 4.79 Å². The molecule has 2 atom stereocenters. The largest absolute Gasteiger partial charge is 0.492 e. The van der Waals surface area contributed by atoms with Gasteiger partial charge in [0.1, 0.15) is 12.4 Å². The maximum Gasteiger partial charge on any atom is 0.258 e. The summed E-state index contributed by atoms with van der Waals surface area (Å²) in [5.74, 6) is 1.47. The summed E-state index contributed by atoms with van der Waals surface area (Å²) in [5.41, 5.74) is 1.88. The molecule has 28 heavy (non-hydrogen) atoms. The van der Waals surface area contributed by atoms with Crippen molar-refractivity contribution in [2.75, 3.05) is 6.61 Å². The van der Waals surface area contributed by atoms with Crippen molar-refractivity contribution in [2.45, 2.75) is 25.8 Å². The summed E-state index contributed by atoms with van der Waals surface area (Å²) in [4.78, 5) is 17.3. The van der Waals surface area contributed by atoms with Crippen molar-refractivity contribution >= 4 is 21.8 Å². The monoisotopic (exact) mass is 441 g/mol. The summed E-state index contributed by atoms with van der Waals surface area (Å²) >= 11 is 3.44. The van der Waals surface area contributed by atoms with Gasteiger partial charge in [-0.25, -0.2) is 0 Å². The van der Waals surface area contributed by atoms with Crippen molar-refractivity contribution in [1.29, 1.82) is 0 Å². The van der Waals surface area contributed by atoms with E-state index in [0.29, 0.717) is 31.2 Å². The third kappa shape index (κ3) is 3.94. The first-order chi connectivity index (χ1) is 13.6. The van der Waals surface area contributed by atoms with Gasteiger partial charge in [-0.15, -0.1) is 0 Å². The normalized spacial score (nSPS) is 16.7. The minimum absolute atomic E-state index is 0.0600. The fourth-order valence-corrected chi connectivity index (χ4v) is 3.65. The van der Waals surface area contributed by atoms with Crippen molar-refractivity contribution in [3.8, 4) is 17.2 Å². The Hall–Kier alpha value is -2.67. The van der Waals surface area contributed by atoms with Gasteiger partial charge >= 0.3 is 0 Å². The van der Waals surface area contributed by atoms with Crippen molar-refractivity contribution < 1.29 is 14.1 Å². The van der Waals surface area contributed by atoms with Crippen molar-refractivity contribution in [2.24, 2.45) is 5.92 Å². The fourth-order valence-electron chi connectivity index (χ4n) is 3.25. The van der Waals surface area contributed by atoms with E-state index in [2.05, 4.69) is 31.4 Å². The van der Waals surface area contributed by atoms with E-state index in [-0.39, 0.29) is 17.9 Å². The maximum atomic E-state index is 12.8. The number of fused-ring (bicyclic) bond motifs is 1. The third-order valence-electron chi connectivity index (χ3n) is 4.80. The number of nitrogens with one attached hydrogen (secondary N) is 1. The minimum atomic E-state index is -0.311. The molecule has 6 nitrogen and oxygen atoms in total. The number of nitrogens with zero attached hydrogens (tertiary/aromatic N) is 2. The summed E-state index contributed by atoms with van der Waals surface area (Å²) < 4.78 is 12.1. The second-order valence-electron chi connectivity index (χ2n) is 6.76. The van der Waals surface area contributed by atoms with Crippen LogP contribution in [0.4, 0.5) is 0 Å². The van der Waals surface area contributed by atoms with Crippen LogP contribution in [0.15, 0.2) is 57.5 Å². The number of amides is 1. The molecule has 0 fully saturated rings. The van der Waals surface area contributed by atoms with Crippen LogP contribution < -0.4 is 10.1 Å². The Balaban J connectivity index is 1.46. The highest BCUT2D eigenvalue weighted by Gasteiger charge is 2.28. The molecule has 0 bridgehead atoms. The summed E-state index contributed by atoms with van der Waals surface area (Å²) in [5, 5.41) is 7.13. The van der Waals surface area contributed by atoms with Gasteiger partial charge in [0.15, 0.2) is 5.82 Å². The summed E-state index contributed by atoms with van der Waals surface area (Å²) in [6.45, 7) is 2.35. The molecule has 1 N–H and O–H groups in total. The number of hydrogen-bond donors (Lipinski definition) is 1. The molecule has 1 aromatic heterocycles. The summed E-state index contributed by atoms with van der Waals surface area (Å²) in [6, 6.07) is 15.2. The van der Waals surface area contributed by atoms with Crippen LogP contribution in [0.5, 0.6) is 5.75 Å². The fraction of sp³-hybridized carbons (Fsp3) is 0.286. The van der Waals surface area contributed by atoms with Gasteiger partial charge in [0, 0.05) is 10.0 Å². The standard InChI is InChI=1S/C21H20BrN3O3/c1-2-17(19-24-21(28-25-19)14-7-5-8-16(22)11-14)23-20(26)15-10-13-6-3-4-9-18(13)27-12-15/h3-9,11,15,17H,2,10,12H2,1H3,(H,23,26)/t15-,17-/m1/s1. The van der Waals surface area contributed by atoms with E-state index < -0.39 is 0 Å². The average molecular weight is 442 g/mol. The van der Waals surface area contributed by atoms with Gasteiger partial charge in [-0.2, -0.15) is 4.98 Å². The molecule has 0 aliphatic carbocycles. The smallest absolute Gasteiger partial charge is 0.258 e. The third-order valence-corrected chi connectivity index (χ3v) is 5.29. The van der Waals surface area contributed by atoms with Crippen LogP contribution in [0.3, 0.4) is 0 Å². The van der Waals surface area contributed by atoms with Crippen LogP contribution in [0.2, 0.25) is 0 Å². The number of halogens is 1. The zero-order chi connectivity index (χ0) is 19.5. The number of para-hydroxylation sites is 1. The molecule has 2 heterocycles. The van der Waals surface area contributed by atoms with Gasteiger partial charge in [0.25, 0.3) is 5.89 Å². The second-order valence-corrected chi connectivity index (χ2v) is 7.67. The quantitative estimate of drug-likeness (QED) is 0.637. The highest BCUT2D eigenvalue weighted by molar-refractivity contribution is 9.10. The first kappa shape index (κ1) is 18.7. The molecular formula is C21H20BrN3O3. The van der Waals surface area contributed by atoms with Crippen molar-refractivity contribution in [3.05, 3.63) is 64.4 Å². The van der Waals surface area contributed by atoms with Crippen LogP contribution in [0, 0.1) is 5.92 Å². The van der Waals surface area contributed by atoms with E-state index in [1.54, 1.807) is 0 Å². The topological polar surface area (TPSA) is 77.2 Å². The molecule has 1 aliphatic rings. The molecule has 2 aromatic carbocycles. The molecule has 3 aromatic rings. The lowest BCUT2D eigenvalue weighted by atomic mass is 9.95. The minimum Gasteiger partial charge on any atom is -0.492 e. The average Bonchev–Trinajstić information content (AvgIpc) is 3.21. The second kappa shape index (κ2) is 8.14. The summed E-state index contributed by atoms with van der Waals surface area (Å²) in [7, 11) is 0. The van der Waals surface area contributed by atoms with Crippen LogP contribution >= 0.6 is 15.9 Å². The van der Waals surface area contributed by atoms with Crippen LogP contribution in [0.1, 0.15) is 30.8 Å². The van der Waals surface area contributed by atoms with E-state index in [4.69, 9.17) is 9.26 Å². The Bertz CT molecular complexity index is 988. The van der Waals surface area contributed by atoms with Crippen LogP contribution in [-0.2, 0) is 11.2 Å². The van der Waals surface area contributed by atoms with E-state index >= 15 is 0 Å². The van der Waals surface area contributed by atoms with E-state index in [0.717, 1.165) is 21.3 Å². The van der Waals surface area contributed by atoms with Crippen LogP contribution in [-0.4, -0.2) is 22.7 Å². The highest BCUT2D eigenvalue weighted by atomic mass is 79.9. The lowest BCUT2D eigenvalue weighted by Gasteiger charge is -2.25. The summed E-state index contributed by atoms with van der Waals surface area (Å²) in [6.07, 6.45) is 1.32. The first-order valence-corrected chi connectivity index (χ1v) is 10.0. The van der Waals surface area contributed by atoms with E-state index in [1.807, 2.05) is 55.5 Å². The number of hydrogen-bond acceptors (Lipinski definition) is 5. The molecule has 144 valence electrons. The van der Waals surface area contributed by atoms with Gasteiger partial charge < -0.3 is 14.6 Å². The van der Waals surface area contributed by atoms with Crippen LogP contribution in [0.25, 0.3) is 11.5 Å². The van der Waals surface area contributed by atoms with Gasteiger partial charge in [-0.3, -0.25) is 4.79 Å². The number of ether oxygens (including phenoxy) is 1. The Kier molecular flexibility index (Phi) is 5.43. The molecular weight excluding hydrogens is 422 g/mol. The number of benzene rings is 2. The highest BCUT2D eigenvalue weighted by Crippen LogP contribution is 2.28. The molecule has 0 unspecified atom stereocenters. The maximum absolute atomic E-state index is 12.8. The Morgan fingerprint density at radius 3 is 2.96 bits per heavy atom. The van der Waals surface area contributed by atoms with Gasteiger partial charge in [0.2, 0.25) is 5.91 Å². The van der Waals surface area contributed by atoms with E-state index in [1.165, 1.54) is 0 Å². The molecule has 0 radical (unpaired) electrons. The Morgan fingerprint density at radius 1 is 1.29 bits per heavy atom. The Labute approximate surface area is 171 Å². The number of carbonyl (C=O) groups excluding carboxylic acids is 1. The SMILES string of the molecule is CC[C@@H](NC(=O)[C@H]1COc2ccccc2C1)c1noc(-c2cccc(Br)c2)n1. The first-order valence-electron chi connectivity index (χ1n) is 9.24. The van der Waals surface area contributed by atoms with Gasteiger partial charge in [0.05, 0.1) is 12.0 Å². The molecule has 0 saturated heterocycles. The zero-order valence-corrected chi connectivity index (χ0v) is 17.0. The zero-order valence-electron chi connectivity index (χ0n) is 15.4. The number of carbonyl (C=O) groups is 1. The lowest BCUT2D eigenvalue weighted by molar-refractivity contribution is -0.127. The number of aromatic nitrogens is 2. The molecule has 1 amide bonds. The molecule has 4 rings (SSSR count). The lowest BCUT2D eigenvalue weighted by Crippen LogP contribution is -2.39.